The fourth-order valence-electron chi connectivity index (χ4n) is 1.73. The van der Waals surface area contributed by atoms with E-state index in [1.807, 2.05) is 17.8 Å². The van der Waals surface area contributed by atoms with E-state index in [1.54, 1.807) is 12.1 Å². The van der Waals surface area contributed by atoms with Crippen molar-refractivity contribution in [1.29, 1.82) is 5.26 Å². The van der Waals surface area contributed by atoms with Crippen molar-refractivity contribution in [3.63, 3.8) is 0 Å². The molecule has 0 aromatic heterocycles. The molecule has 16 heavy (non-hydrogen) atoms. The lowest BCUT2D eigenvalue weighted by atomic mass is 10.1. The summed E-state index contributed by atoms with van der Waals surface area (Å²) >= 11 is 1.95. The zero-order valence-corrected chi connectivity index (χ0v) is 9.69. The highest BCUT2D eigenvalue weighted by molar-refractivity contribution is 7.99. The van der Waals surface area contributed by atoms with Crippen LogP contribution in [0.25, 0.3) is 0 Å². The van der Waals surface area contributed by atoms with Gasteiger partial charge >= 0.3 is 0 Å². The van der Waals surface area contributed by atoms with Crippen molar-refractivity contribution >= 4 is 11.8 Å². The van der Waals surface area contributed by atoms with Crippen molar-refractivity contribution < 1.29 is 4.39 Å². The number of halogens is 1. The summed E-state index contributed by atoms with van der Waals surface area (Å²) in [5.74, 6) is 1.92. The molecule has 1 saturated heterocycles. The van der Waals surface area contributed by atoms with Gasteiger partial charge in [0.15, 0.2) is 0 Å². The van der Waals surface area contributed by atoms with Crippen molar-refractivity contribution in [3.8, 4) is 6.07 Å². The Hall–Kier alpha value is -1.05. The van der Waals surface area contributed by atoms with Gasteiger partial charge in [-0.15, -0.1) is 0 Å². The van der Waals surface area contributed by atoms with Crippen LogP contribution in [0.15, 0.2) is 18.2 Å². The molecular weight excluding hydrogens is 223 g/mol. The van der Waals surface area contributed by atoms with Crippen molar-refractivity contribution in [2.45, 2.75) is 19.0 Å². The lowest BCUT2D eigenvalue weighted by Gasteiger charge is -2.11. The monoisotopic (exact) mass is 236 g/mol. The van der Waals surface area contributed by atoms with E-state index in [0.29, 0.717) is 12.6 Å². The molecule has 1 N–H and O–H groups in total. The normalized spacial score (nSPS) is 19.6. The number of rotatable bonds is 3. The van der Waals surface area contributed by atoms with Crippen molar-refractivity contribution in [3.05, 3.63) is 35.1 Å². The van der Waals surface area contributed by atoms with Crippen LogP contribution in [-0.2, 0) is 6.54 Å². The SMILES string of the molecule is N#Cc1cc(CNC2CCSC2)ccc1F. The van der Waals surface area contributed by atoms with Gasteiger partial charge in [0, 0.05) is 18.3 Å². The van der Waals surface area contributed by atoms with Gasteiger partial charge in [-0.25, -0.2) is 4.39 Å². The highest BCUT2D eigenvalue weighted by Gasteiger charge is 2.14. The van der Waals surface area contributed by atoms with E-state index in [2.05, 4.69) is 5.32 Å². The highest BCUT2D eigenvalue weighted by Crippen LogP contribution is 2.17. The molecule has 1 heterocycles. The van der Waals surface area contributed by atoms with Crippen molar-refractivity contribution in [2.24, 2.45) is 0 Å². The van der Waals surface area contributed by atoms with Gasteiger partial charge in [0.1, 0.15) is 11.9 Å². The fraction of sp³-hybridized carbons (Fsp3) is 0.417. The molecule has 0 aliphatic carbocycles. The molecule has 1 fully saturated rings. The molecule has 0 saturated carbocycles. The Bertz CT molecular complexity index is 408. The van der Waals surface area contributed by atoms with E-state index in [1.165, 1.54) is 18.2 Å². The summed E-state index contributed by atoms with van der Waals surface area (Å²) < 4.78 is 13.1. The van der Waals surface area contributed by atoms with Crippen LogP contribution in [-0.4, -0.2) is 17.5 Å². The van der Waals surface area contributed by atoms with Crippen molar-refractivity contribution in [1.82, 2.24) is 5.32 Å². The second-order valence-electron chi connectivity index (χ2n) is 3.87. The van der Waals surface area contributed by atoms with Gasteiger partial charge in [0.05, 0.1) is 5.56 Å². The van der Waals surface area contributed by atoms with Crippen LogP contribution < -0.4 is 5.32 Å². The second kappa shape index (κ2) is 5.33. The number of nitriles is 1. The Labute approximate surface area is 98.8 Å². The number of nitrogens with one attached hydrogen (secondary N) is 1. The van der Waals surface area contributed by atoms with E-state index < -0.39 is 5.82 Å². The minimum absolute atomic E-state index is 0.125. The first-order chi connectivity index (χ1) is 7.79. The summed E-state index contributed by atoms with van der Waals surface area (Å²) in [6.45, 7) is 0.709. The van der Waals surface area contributed by atoms with Crippen LogP contribution in [0.5, 0.6) is 0 Å². The summed E-state index contributed by atoms with van der Waals surface area (Å²) in [6, 6.07) is 7.12. The Morgan fingerprint density at radius 2 is 2.44 bits per heavy atom. The van der Waals surface area contributed by atoms with Gasteiger partial charge in [-0.1, -0.05) is 6.07 Å². The van der Waals surface area contributed by atoms with E-state index >= 15 is 0 Å². The molecular formula is C12H13FN2S. The molecule has 4 heteroatoms. The Balaban J connectivity index is 1.96. The largest absolute Gasteiger partial charge is 0.309 e. The van der Waals surface area contributed by atoms with Crippen LogP contribution >= 0.6 is 11.8 Å². The van der Waals surface area contributed by atoms with Gasteiger partial charge in [-0.2, -0.15) is 17.0 Å². The third kappa shape index (κ3) is 2.75. The molecule has 1 unspecified atom stereocenters. The molecule has 1 aromatic rings. The average Bonchev–Trinajstić information content (AvgIpc) is 2.81. The zero-order valence-electron chi connectivity index (χ0n) is 8.87. The molecule has 1 aliphatic heterocycles. The van der Waals surface area contributed by atoms with Gasteiger partial charge < -0.3 is 5.32 Å². The summed E-state index contributed by atoms with van der Waals surface area (Å²) in [5.41, 5.74) is 1.09. The second-order valence-corrected chi connectivity index (χ2v) is 5.02. The molecule has 84 valence electrons. The average molecular weight is 236 g/mol. The molecule has 1 atom stereocenters. The molecule has 0 amide bonds. The van der Waals surface area contributed by atoms with Crippen LogP contribution in [0.2, 0.25) is 0 Å². The number of nitrogens with zero attached hydrogens (tertiary/aromatic N) is 1. The standard InChI is InChI=1S/C12H13FN2S/c13-12-2-1-9(5-10(12)6-14)7-15-11-3-4-16-8-11/h1-2,5,11,15H,3-4,7-8H2. The summed E-state index contributed by atoms with van der Waals surface area (Å²) in [6.07, 6.45) is 1.19. The van der Waals surface area contributed by atoms with Gasteiger partial charge in [-0.05, 0) is 29.9 Å². The molecule has 0 bridgehead atoms. The van der Waals surface area contributed by atoms with Crippen LogP contribution in [0.4, 0.5) is 4.39 Å². The summed E-state index contributed by atoms with van der Waals surface area (Å²) in [4.78, 5) is 0. The minimum atomic E-state index is -0.442. The van der Waals surface area contributed by atoms with E-state index in [0.717, 1.165) is 11.3 Å². The maximum absolute atomic E-state index is 13.1. The molecule has 2 rings (SSSR count). The Morgan fingerprint density at radius 3 is 3.12 bits per heavy atom. The maximum atomic E-state index is 13.1. The first-order valence-electron chi connectivity index (χ1n) is 5.29. The van der Waals surface area contributed by atoms with E-state index in [4.69, 9.17) is 5.26 Å². The highest BCUT2D eigenvalue weighted by atomic mass is 32.2. The van der Waals surface area contributed by atoms with E-state index in [9.17, 15) is 4.39 Å². The third-order valence-corrected chi connectivity index (χ3v) is 3.84. The Kier molecular flexibility index (Phi) is 3.81. The summed E-state index contributed by atoms with van der Waals surface area (Å²) in [7, 11) is 0. The lowest BCUT2D eigenvalue weighted by Crippen LogP contribution is -2.27. The quantitative estimate of drug-likeness (QED) is 0.874. The topological polar surface area (TPSA) is 35.8 Å². The summed E-state index contributed by atoms with van der Waals surface area (Å²) in [5, 5.41) is 12.1. The minimum Gasteiger partial charge on any atom is -0.309 e. The predicted octanol–water partition coefficient (Wildman–Crippen LogP) is 2.29. The van der Waals surface area contributed by atoms with Crippen LogP contribution in [0.3, 0.4) is 0 Å². The molecule has 1 aliphatic rings. The van der Waals surface area contributed by atoms with Crippen LogP contribution in [0, 0.1) is 17.1 Å². The first-order valence-corrected chi connectivity index (χ1v) is 6.44. The predicted molar refractivity (Wildman–Crippen MR) is 63.7 cm³/mol. The zero-order chi connectivity index (χ0) is 11.4. The number of hydrogen-bond donors (Lipinski definition) is 1. The number of benzene rings is 1. The first kappa shape index (κ1) is 11.4. The van der Waals surface area contributed by atoms with E-state index in [-0.39, 0.29) is 5.56 Å². The van der Waals surface area contributed by atoms with Gasteiger partial charge in [0.25, 0.3) is 0 Å². The molecule has 2 nitrogen and oxygen atoms in total. The number of hydrogen-bond acceptors (Lipinski definition) is 3. The number of thioether (sulfide) groups is 1. The molecule has 1 aromatic carbocycles. The maximum Gasteiger partial charge on any atom is 0.140 e. The lowest BCUT2D eigenvalue weighted by molar-refractivity contribution is 0.556. The molecule has 0 spiro atoms. The smallest absolute Gasteiger partial charge is 0.140 e. The van der Waals surface area contributed by atoms with Crippen molar-refractivity contribution in [2.75, 3.05) is 11.5 Å². The van der Waals surface area contributed by atoms with Gasteiger partial charge in [-0.3, -0.25) is 0 Å². The van der Waals surface area contributed by atoms with Gasteiger partial charge in [0.2, 0.25) is 0 Å². The Morgan fingerprint density at radius 1 is 1.56 bits per heavy atom. The molecule has 0 radical (unpaired) electrons. The van der Waals surface area contributed by atoms with Crippen LogP contribution in [0.1, 0.15) is 17.5 Å². The fourth-order valence-corrected chi connectivity index (χ4v) is 2.91. The third-order valence-electron chi connectivity index (χ3n) is 2.68.